The van der Waals surface area contributed by atoms with Crippen LogP contribution in [0, 0.1) is 0 Å². The van der Waals surface area contributed by atoms with Crippen molar-refractivity contribution in [3.63, 3.8) is 0 Å². The molecule has 7 heteroatoms. The van der Waals surface area contributed by atoms with E-state index in [-0.39, 0.29) is 10.8 Å². The number of nitrogens with one attached hydrogen (secondary N) is 1. The summed E-state index contributed by atoms with van der Waals surface area (Å²) in [6.07, 6.45) is 4.42. The Balaban J connectivity index is 2.12. The molecule has 2 aromatic rings. The minimum absolute atomic E-state index is 0.162. The van der Waals surface area contributed by atoms with Gasteiger partial charge in [-0.3, -0.25) is 9.78 Å². The summed E-state index contributed by atoms with van der Waals surface area (Å²) in [5.74, 6) is -0.0612. The third-order valence-corrected chi connectivity index (χ3v) is 1.87. The van der Waals surface area contributed by atoms with E-state index in [1.165, 1.54) is 30.7 Å². The summed E-state index contributed by atoms with van der Waals surface area (Å²) in [5.41, 5.74) is 0.162. The van der Waals surface area contributed by atoms with Crippen LogP contribution in [0.4, 0.5) is 5.82 Å². The molecule has 2 heterocycles. The largest absolute Gasteiger partial charge is 0.304 e. The SMILES string of the molecule is O=C(Nc1cnccn1)c1ccc(Cl)nn1. The first kappa shape index (κ1) is 10.4. The van der Waals surface area contributed by atoms with E-state index in [2.05, 4.69) is 25.5 Å². The minimum atomic E-state index is -0.412. The van der Waals surface area contributed by atoms with Crippen molar-refractivity contribution in [3.05, 3.63) is 41.6 Å². The Bertz CT molecular complexity index is 487. The minimum Gasteiger partial charge on any atom is -0.304 e. The highest BCUT2D eigenvalue weighted by molar-refractivity contribution is 6.29. The number of aromatic nitrogens is 4. The van der Waals surface area contributed by atoms with Crippen molar-refractivity contribution in [1.29, 1.82) is 0 Å². The lowest BCUT2D eigenvalue weighted by atomic mass is 10.4. The maximum atomic E-state index is 11.6. The van der Waals surface area contributed by atoms with Crippen LogP contribution in [0.25, 0.3) is 0 Å². The molecule has 0 unspecified atom stereocenters. The highest BCUT2D eigenvalue weighted by atomic mass is 35.5. The Labute approximate surface area is 95.7 Å². The molecule has 0 saturated heterocycles. The van der Waals surface area contributed by atoms with Crippen LogP contribution < -0.4 is 5.32 Å². The highest BCUT2D eigenvalue weighted by Crippen LogP contribution is 2.04. The van der Waals surface area contributed by atoms with Crippen molar-refractivity contribution in [2.45, 2.75) is 0 Å². The number of hydrogen-bond donors (Lipinski definition) is 1. The van der Waals surface area contributed by atoms with Gasteiger partial charge < -0.3 is 5.32 Å². The number of carbonyl (C=O) groups is 1. The summed E-state index contributed by atoms with van der Waals surface area (Å²) in [6, 6.07) is 2.96. The molecule has 0 aliphatic rings. The first-order valence-corrected chi connectivity index (χ1v) is 4.70. The first-order chi connectivity index (χ1) is 7.75. The highest BCUT2D eigenvalue weighted by Gasteiger charge is 2.08. The van der Waals surface area contributed by atoms with E-state index in [0.29, 0.717) is 5.82 Å². The summed E-state index contributed by atoms with van der Waals surface area (Å²) in [5, 5.41) is 9.94. The molecule has 16 heavy (non-hydrogen) atoms. The molecule has 1 N–H and O–H groups in total. The van der Waals surface area contributed by atoms with Crippen molar-refractivity contribution in [3.8, 4) is 0 Å². The lowest BCUT2D eigenvalue weighted by Gasteiger charge is -2.01. The van der Waals surface area contributed by atoms with Crippen LogP contribution >= 0.6 is 11.6 Å². The van der Waals surface area contributed by atoms with Gasteiger partial charge >= 0.3 is 0 Å². The van der Waals surface area contributed by atoms with Crippen molar-refractivity contribution in [1.82, 2.24) is 20.2 Å². The second-order valence-electron chi connectivity index (χ2n) is 2.79. The maximum Gasteiger partial charge on any atom is 0.277 e. The zero-order chi connectivity index (χ0) is 11.4. The standard InChI is InChI=1S/C9H6ClN5O/c10-7-2-1-6(14-15-7)9(16)13-8-5-11-3-4-12-8/h1-5H,(H,12,13,16). The summed E-state index contributed by atoms with van der Waals surface area (Å²) in [4.78, 5) is 19.3. The molecule has 0 saturated carbocycles. The van der Waals surface area contributed by atoms with E-state index in [9.17, 15) is 4.79 Å². The molecule has 1 amide bonds. The fraction of sp³-hybridized carbons (Fsp3) is 0. The lowest BCUT2D eigenvalue weighted by molar-refractivity contribution is 0.102. The number of halogens is 1. The number of anilines is 1. The Morgan fingerprint density at radius 1 is 1.25 bits per heavy atom. The molecule has 0 bridgehead atoms. The fourth-order valence-electron chi connectivity index (χ4n) is 0.981. The molecule has 0 aromatic carbocycles. The summed E-state index contributed by atoms with van der Waals surface area (Å²) >= 11 is 5.55. The van der Waals surface area contributed by atoms with Gasteiger partial charge in [-0.1, -0.05) is 11.6 Å². The quantitative estimate of drug-likeness (QED) is 0.845. The maximum absolute atomic E-state index is 11.6. The fourth-order valence-corrected chi connectivity index (χ4v) is 1.08. The molecule has 0 radical (unpaired) electrons. The van der Waals surface area contributed by atoms with Crippen molar-refractivity contribution in [2.75, 3.05) is 5.32 Å². The van der Waals surface area contributed by atoms with Gasteiger partial charge in [0.1, 0.15) is 0 Å². The molecule has 80 valence electrons. The Kier molecular flexibility index (Phi) is 3.02. The van der Waals surface area contributed by atoms with E-state index in [4.69, 9.17) is 11.6 Å². The van der Waals surface area contributed by atoms with Crippen LogP contribution in [0.5, 0.6) is 0 Å². The molecular formula is C9H6ClN5O. The van der Waals surface area contributed by atoms with Crippen LogP contribution in [-0.2, 0) is 0 Å². The number of nitrogens with zero attached hydrogens (tertiary/aromatic N) is 4. The average Bonchev–Trinajstić information content (AvgIpc) is 2.31. The second-order valence-corrected chi connectivity index (χ2v) is 3.17. The summed E-state index contributed by atoms with van der Waals surface area (Å²) in [6.45, 7) is 0. The van der Waals surface area contributed by atoms with Crippen LogP contribution in [0.15, 0.2) is 30.7 Å². The predicted octanol–water partition coefficient (Wildman–Crippen LogP) is 1.17. The number of rotatable bonds is 2. The molecule has 0 aliphatic carbocycles. The Morgan fingerprint density at radius 3 is 2.75 bits per heavy atom. The van der Waals surface area contributed by atoms with Gasteiger partial charge in [-0.2, -0.15) is 0 Å². The van der Waals surface area contributed by atoms with Gasteiger partial charge in [0.25, 0.3) is 5.91 Å². The molecule has 0 atom stereocenters. The molecule has 2 rings (SSSR count). The van der Waals surface area contributed by atoms with Crippen LogP contribution in [0.3, 0.4) is 0 Å². The monoisotopic (exact) mass is 235 g/mol. The van der Waals surface area contributed by atoms with E-state index < -0.39 is 5.91 Å². The topological polar surface area (TPSA) is 80.7 Å². The van der Waals surface area contributed by atoms with Crippen molar-refractivity contribution < 1.29 is 4.79 Å². The first-order valence-electron chi connectivity index (χ1n) is 4.32. The number of amides is 1. The van der Waals surface area contributed by atoms with Gasteiger partial charge in [0.2, 0.25) is 0 Å². The molecule has 0 fully saturated rings. The normalized spacial score (nSPS) is 9.81. The summed E-state index contributed by atoms with van der Waals surface area (Å²) < 4.78 is 0. The lowest BCUT2D eigenvalue weighted by Crippen LogP contribution is -2.15. The van der Waals surface area contributed by atoms with Crippen molar-refractivity contribution in [2.24, 2.45) is 0 Å². The Hall–Kier alpha value is -2.08. The third kappa shape index (κ3) is 2.48. The Morgan fingerprint density at radius 2 is 2.12 bits per heavy atom. The zero-order valence-corrected chi connectivity index (χ0v) is 8.72. The van der Waals surface area contributed by atoms with E-state index in [1.54, 1.807) is 0 Å². The average molecular weight is 236 g/mol. The van der Waals surface area contributed by atoms with Crippen LogP contribution in [0.2, 0.25) is 5.15 Å². The molecule has 0 aliphatic heterocycles. The van der Waals surface area contributed by atoms with E-state index in [1.807, 2.05) is 0 Å². The summed E-state index contributed by atoms with van der Waals surface area (Å²) in [7, 11) is 0. The zero-order valence-electron chi connectivity index (χ0n) is 7.96. The van der Waals surface area contributed by atoms with Gasteiger partial charge in [0.05, 0.1) is 6.20 Å². The molecular weight excluding hydrogens is 230 g/mol. The van der Waals surface area contributed by atoms with Crippen LogP contribution in [0.1, 0.15) is 10.5 Å². The third-order valence-electron chi connectivity index (χ3n) is 1.67. The van der Waals surface area contributed by atoms with Gasteiger partial charge in [0.15, 0.2) is 16.7 Å². The second kappa shape index (κ2) is 4.63. The van der Waals surface area contributed by atoms with Gasteiger partial charge in [0, 0.05) is 12.4 Å². The van der Waals surface area contributed by atoms with Crippen LogP contribution in [-0.4, -0.2) is 26.1 Å². The smallest absolute Gasteiger partial charge is 0.277 e. The van der Waals surface area contributed by atoms with E-state index in [0.717, 1.165) is 0 Å². The molecule has 0 spiro atoms. The van der Waals surface area contributed by atoms with Gasteiger partial charge in [-0.15, -0.1) is 10.2 Å². The van der Waals surface area contributed by atoms with Gasteiger partial charge in [-0.25, -0.2) is 4.98 Å². The van der Waals surface area contributed by atoms with Gasteiger partial charge in [-0.05, 0) is 12.1 Å². The van der Waals surface area contributed by atoms with Crippen molar-refractivity contribution >= 4 is 23.3 Å². The number of carbonyl (C=O) groups excluding carboxylic acids is 1. The van der Waals surface area contributed by atoms with E-state index >= 15 is 0 Å². The molecule has 6 nitrogen and oxygen atoms in total. The molecule has 2 aromatic heterocycles. The predicted molar refractivity (Wildman–Crippen MR) is 57.0 cm³/mol. The number of hydrogen-bond acceptors (Lipinski definition) is 5.